The number of benzene rings is 2. The first kappa shape index (κ1) is 21.0. The minimum absolute atomic E-state index is 0.317. The molecule has 0 aliphatic rings. The van der Waals surface area contributed by atoms with Crippen molar-refractivity contribution in [2.24, 2.45) is 0 Å². The summed E-state index contributed by atoms with van der Waals surface area (Å²) in [6.07, 6.45) is 0. The Labute approximate surface area is 176 Å². The first-order chi connectivity index (χ1) is 12.3. The van der Waals surface area contributed by atoms with Gasteiger partial charge in [-0.1, -0.05) is 39.1 Å². The van der Waals surface area contributed by atoms with Crippen LogP contribution in [0, 0.1) is 0 Å². The summed E-state index contributed by atoms with van der Waals surface area (Å²) in [5.74, 6) is 0.0118. The van der Waals surface area contributed by atoms with E-state index in [9.17, 15) is 4.79 Å². The molecule has 0 spiro atoms. The highest BCUT2D eigenvalue weighted by atomic mass is 79.9. The Kier molecular flexibility index (Phi) is 7.70. The maximum absolute atomic E-state index is 12.7. The Morgan fingerprint density at radius 1 is 1.15 bits per heavy atom. The van der Waals surface area contributed by atoms with Gasteiger partial charge in [-0.25, -0.2) is 0 Å². The summed E-state index contributed by atoms with van der Waals surface area (Å²) < 4.78 is 6.52. The third-order valence-corrected chi connectivity index (χ3v) is 4.80. The van der Waals surface area contributed by atoms with Gasteiger partial charge in [-0.15, -0.1) is 0 Å². The van der Waals surface area contributed by atoms with Gasteiger partial charge in [0.25, 0.3) is 11.1 Å². The summed E-state index contributed by atoms with van der Waals surface area (Å²) in [5.41, 5.74) is 0.828. The summed E-state index contributed by atoms with van der Waals surface area (Å²) in [5, 5.41) is 3.95. The summed E-state index contributed by atoms with van der Waals surface area (Å²) in [6.45, 7) is 5.40. The lowest BCUT2D eigenvalue weighted by atomic mass is 10.2. The van der Waals surface area contributed by atoms with E-state index >= 15 is 0 Å². The smallest absolute Gasteiger partial charge is 0.264 e. The number of ether oxygens (including phenoxy) is 1. The fourth-order valence-corrected chi connectivity index (χ4v) is 3.47. The van der Waals surface area contributed by atoms with Crippen LogP contribution in [-0.4, -0.2) is 29.1 Å². The average Bonchev–Trinajstić information content (AvgIpc) is 2.56. The normalized spacial score (nSPS) is 10.3. The molecule has 2 aromatic carbocycles. The SMILES string of the molecule is CCN(CC)C(=S)Oc1ccc(Br)cc1C(=O)Nc1cc(Cl)cc(Cl)c1. The third-order valence-electron chi connectivity index (χ3n) is 3.53. The molecule has 0 radical (unpaired) electrons. The summed E-state index contributed by atoms with van der Waals surface area (Å²) in [6, 6.07) is 9.97. The van der Waals surface area contributed by atoms with E-state index in [0.717, 1.165) is 4.47 Å². The number of hydrogen-bond acceptors (Lipinski definition) is 3. The molecule has 0 saturated heterocycles. The van der Waals surface area contributed by atoms with Crippen molar-refractivity contribution in [3.8, 4) is 5.75 Å². The fourth-order valence-electron chi connectivity index (χ4n) is 2.23. The van der Waals surface area contributed by atoms with Crippen molar-refractivity contribution >= 4 is 68.1 Å². The average molecular weight is 476 g/mol. The molecule has 26 heavy (non-hydrogen) atoms. The van der Waals surface area contributed by atoms with Crippen LogP contribution in [0.15, 0.2) is 40.9 Å². The molecule has 1 N–H and O–H groups in total. The van der Waals surface area contributed by atoms with Gasteiger partial charge in [0.05, 0.1) is 5.56 Å². The molecule has 4 nitrogen and oxygen atoms in total. The van der Waals surface area contributed by atoms with E-state index in [1.807, 2.05) is 18.7 Å². The Morgan fingerprint density at radius 3 is 2.35 bits per heavy atom. The van der Waals surface area contributed by atoms with Crippen molar-refractivity contribution in [3.05, 3.63) is 56.5 Å². The van der Waals surface area contributed by atoms with Crippen LogP contribution in [0.1, 0.15) is 24.2 Å². The Hall–Kier alpha value is -1.34. The van der Waals surface area contributed by atoms with Crippen molar-refractivity contribution < 1.29 is 9.53 Å². The number of carbonyl (C=O) groups is 1. The van der Waals surface area contributed by atoms with Crippen molar-refractivity contribution in [2.45, 2.75) is 13.8 Å². The number of amides is 1. The van der Waals surface area contributed by atoms with Crippen LogP contribution in [-0.2, 0) is 0 Å². The van der Waals surface area contributed by atoms with Gasteiger partial charge >= 0.3 is 0 Å². The monoisotopic (exact) mass is 474 g/mol. The standard InChI is InChI=1S/C18H17BrCl2N2O2S/c1-3-23(4-2)18(26)25-16-6-5-11(19)7-15(16)17(24)22-14-9-12(20)8-13(21)10-14/h5-10H,3-4H2,1-2H3,(H,22,24). The zero-order chi connectivity index (χ0) is 19.3. The van der Waals surface area contributed by atoms with E-state index < -0.39 is 0 Å². The lowest BCUT2D eigenvalue weighted by molar-refractivity contribution is 0.102. The van der Waals surface area contributed by atoms with E-state index in [4.69, 9.17) is 40.2 Å². The van der Waals surface area contributed by atoms with Gasteiger partial charge in [-0.2, -0.15) is 0 Å². The quantitative estimate of drug-likeness (QED) is 0.537. The Balaban J connectivity index is 2.28. The zero-order valence-electron chi connectivity index (χ0n) is 14.2. The molecule has 1 amide bonds. The second-order valence-corrected chi connectivity index (χ2v) is 7.43. The molecule has 0 fully saturated rings. The van der Waals surface area contributed by atoms with Gasteiger partial charge in [-0.3, -0.25) is 4.79 Å². The topological polar surface area (TPSA) is 41.6 Å². The highest BCUT2D eigenvalue weighted by Crippen LogP contribution is 2.27. The summed E-state index contributed by atoms with van der Waals surface area (Å²) in [7, 11) is 0. The molecule has 0 atom stereocenters. The van der Waals surface area contributed by atoms with Crippen LogP contribution in [0.4, 0.5) is 5.69 Å². The molecule has 0 unspecified atom stereocenters. The minimum atomic E-state index is -0.359. The molecule has 2 aromatic rings. The first-order valence-corrected chi connectivity index (χ1v) is 9.83. The van der Waals surface area contributed by atoms with Gasteiger partial charge in [0.2, 0.25) is 0 Å². The minimum Gasteiger partial charge on any atom is -0.431 e. The molecule has 0 bridgehead atoms. The van der Waals surface area contributed by atoms with Gasteiger partial charge in [0.1, 0.15) is 5.75 Å². The first-order valence-electron chi connectivity index (χ1n) is 7.87. The van der Waals surface area contributed by atoms with Crippen LogP contribution >= 0.6 is 51.3 Å². The van der Waals surface area contributed by atoms with Crippen LogP contribution in [0.5, 0.6) is 5.75 Å². The number of hydrogen-bond donors (Lipinski definition) is 1. The molecule has 138 valence electrons. The van der Waals surface area contributed by atoms with Crippen molar-refractivity contribution in [1.82, 2.24) is 4.90 Å². The number of halogens is 3. The lowest BCUT2D eigenvalue weighted by Gasteiger charge is -2.22. The van der Waals surface area contributed by atoms with Crippen LogP contribution in [0.25, 0.3) is 0 Å². The van der Waals surface area contributed by atoms with Crippen LogP contribution in [0.3, 0.4) is 0 Å². The predicted octanol–water partition coefficient (Wildman–Crippen LogP) is 6.01. The summed E-state index contributed by atoms with van der Waals surface area (Å²) in [4.78, 5) is 14.6. The molecular weight excluding hydrogens is 459 g/mol. The highest BCUT2D eigenvalue weighted by Gasteiger charge is 2.17. The van der Waals surface area contributed by atoms with E-state index in [2.05, 4.69) is 21.2 Å². The number of nitrogens with zero attached hydrogens (tertiary/aromatic N) is 1. The third kappa shape index (κ3) is 5.58. The molecule has 0 aliphatic carbocycles. The van der Waals surface area contributed by atoms with Gasteiger partial charge in [0.15, 0.2) is 0 Å². The maximum Gasteiger partial charge on any atom is 0.264 e. The van der Waals surface area contributed by atoms with Crippen molar-refractivity contribution in [1.29, 1.82) is 0 Å². The largest absolute Gasteiger partial charge is 0.431 e. The van der Waals surface area contributed by atoms with Crippen LogP contribution in [0.2, 0.25) is 10.0 Å². The van der Waals surface area contributed by atoms with E-state index in [1.165, 1.54) is 0 Å². The molecule has 2 rings (SSSR count). The molecule has 8 heteroatoms. The number of thiocarbonyl (C=S) groups is 1. The van der Waals surface area contributed by atoms with E-state index in [1.54, 1.807) is 36.4 Å². The highest BCUT2D eigenvalue weighted by molar-refractivity contribution is 9.10. The fraction of sp³-hybridized carbons (Fsp3) is 0.222. The summed E-state index contributed by atoms with van der Waals surface area (Å²) >= 11 is 20.7. The van der Waals surface area contributed by atoms with E-state index in [0.29, 0.717) is 45.3 Å². The van der Waals surface area contributed by atoms with Crippen molar-refractivity contribution in [2.75, 3.05) is 18.4 Å². The number of nitrogens with one attached hydrogen (secondary N) is 1. The molecular formula is C18H17BrCl2N2O2S. The number of rotatable bonds is 5. The Morgan fingerprint density at radius 2 is 1.77 bits per heavy atom. The Bertz CT molecular complexity index is 809. The predicted molar refractivity (Wildman–Crippen MR) is 115 cm³/mol. The lowest BCUT2D eigenvalue weighted by Crippen LogP contribution is -2.33. The number of carbonyl (C=O) groups excluding carboxylic acids is 1. The zero-order valence-corrected chi connectivity index (χ0v) is 18.1. The second kappa shape index (κ2) is 9.55. The number of anilines is 1. The van der Waals surface area contributed by atoms with Gasteiger partial charge in [-0.05, 0) is 62.5 Å². The van der Waals surface area contributed by atoms with Gasteiger partial charge < -0.3 is 15.0 Å². The maximum atomic E-state index is 12.7. The van der Waals surface area contributed by atoms with Gasteiger partial charge in [0, 0.05) is 33.3 Å². The molecule has 0 aliphatic heterocycles. The van der Waals surface area contributed by atoms with Crippen LogP contribution < -0.4 is 10.1 Å². The molecule has 0 heterocycles. The molecule has 0 aromatic heterocycles. The van der Waals surface area contributed by atoms with E-state index in [-0.39, 0.29) is 5.91 Å². The van der Waals surface area contributed by atoms with Crippen molar-refractivity contribution in [3.63, 3.8) is 0 Å². The molecule has 0 saturated carbocycles. The second-order valence-electron chi connectivity index (χ2n) is 5.29.